The van der Waals surface area contributed by atoms with Crippen LogP contribution in [0, 0.1) is 10.1 Å². The Morgan fingerprint density at radius 2 is 2.37 bits per heavy atom. The Hall–Kier alpha value is -2.41. The zero-order chi connectivity index (χ0) is 13.7. The highest BCUT2D eigenvalue weighted by Gasteiger charge is 2.09. The quantitative estimate of drug-likeness (QED) is 0.625. The largest absolute Gasteiger partial charge is 0.491 e. The molecule has 0 radical (unpaired) electrons. The first-order chi connectivity index (χ1) is 9.15. The highest BCUT2D eigenvalue weighted by molar-refractivity contribution is 5.37. The molecule has 0 saturated heterocycles. The number of rotatable bonds is 6. The van der Waals surface area contributed by atoms with Crippen LogP contribution in [-0.2, 0) is 6.54 Å². The third-order valence-electron chi connectivity index (χ3n) is 2.45. The highest BCUT2D eigenvalue weighted by atomic mass is 16.6. The van der Waals surface area contributed by atoms with Gasteiger partial charge in [0.15, 0.2) is 0 Å². The molecule has 100 valence electrons. The average molecular weight is 263 g/mol. The molecule has 0 fully saturated rings. The Balaban J connectivity index is 1.88. The molecule has 0 aliphatic rings. The second kappa shape index (κ2) is 5.96. The molecule has 1 unspecified atom stereocenters. The van der Waals surface area contributed by atoms with E-state index < -0.39 is 11.0 Å². The van der Waals surface area contributed by atoms with Gasteiger partial charge >= 0.3 is 0 Å². The molecule has 19 heavy (non-hydrogen) atoms. The molecule has 2 aromatic rings. The fourth-order valence-corrected chi connectivity index (χ4v) is 1.57. The fourth-order valence-electron chi connectivity index (χ4n) is 1.57. The lowest BCUT2D eigenvalue weighted by atomic mass is 10.3. The maximum Gasteiger partial charge on any atom is 0.273 e. The predicted octanol–water partition coefficient (Wildman–Crippen LogP) is 1.23. The maximum atomic E-state index is 10.6. The summed E-state index contributed by atoms with van der Waals surface area (Å²) in [5.74, 6) is 0.360. The summed E-state index contributed by atoms with van der Waals surface area (Å²) in [5.41, 5.74) is -0.0402. The van der Waals surface area contributed by atoms with E-state index in [1.165, 1.54) is 18.2 Å². The summed E-state index contributed by atoms with van der Waals surface area (Å²) in [6, 6.07) is 5.85. The van der Waals surface area contributed by atoms with Crippen LogP contribution in [0.5, 0.6) is 5.75 Å². The van der Waals surface area contributed by atoms with Crippen LogP contribution in [0.15, 0.2) is 43.0 Å². The Morgan fingerprint density at radius 3 is 3.05 bits per heavy atom. The molecule has 2 rings (SSSR count). The molecule has 0 aliphatic heterocycles. The van der Waals surface area contributed by atoms with Gasteiger partial charge in [-0.25, -0.2) is 4.98 Å². The summed E-state index contributed by atoms with van der Waals surface area (Å²) in [6.07, 6.45) is 4.23. The smallest absolute Gasteiger partial charge is 0.273 e. The Morgan fingerprint density at radius 1 is 1.53 bits per heavy atom. The molecule has 7 nitrogen and oxygen atoms in total. The van der Waals surface area contributed by atoms with Crippen molar-refractivity contribution >= 4 is 5.69 Å². The molecule has 1 N–H and O–H groups in total. The second-order valence-corrected chi connectivity index (χ2v) is 3.98. The van der Waals surface area contributed by atoms with E-state index in [0.29, 0.717) is 12.3 Å². The van der Waals surface area contributed by atoms with E-state index in [0.717, 1.165) is 0 Å². The summed E-state index contributed by atoms with van der Waals surface area (Å²) in [4.78, 5) is 14.0. The Bertz CT molecular complexity index is 542. The van der Waals surface area contributed by atoms with Crippen molar-refractivity contribution in [3.05, 3.63) is 53.1 Å². The summed E-state index contributed by atoms with van der Waals surface area (Å²) in [5, 5.41) is 20.3. The van der Waals surface area contributed by atoms with Crippen LogP contribution < -0.4 is 4.74 Å². The zero-order valence-electron chi connectivity index (χ0n) is 10.0. The third-order valence-corrected chi connectivity index (χ3v) is 2.45. The summed E-state index contributed by atoms with van der Waals surface area (Å²) < 4.78 is 7.04. The van der Waals surface area contributed by atoms with Crippen molar-refractivity contribution in [1.82, 2.24) is 9.55 Å². The Kier molecular flexibility index (Phi) is 4.09. The number of nitro groups is 1. The van der Waals surface area contributed by atoms with Gasteiger partial charge in [0.05, 0.1) is 23.9 Å². The number of aliphatic hydroxyl groups excluding tert-OH is 1. The molecular formula is C12H13N3O4. The van der Waals surface area contributed by atoms with E-state index in [-0.39, 0.29) is 12.3 Å². The lowest BCUT2D eigenvalue weighted by Gasteiger charge is -2.12. The van der Waals surface area contributed by atoms with E-state index in [2.05, 4.69) is 4.98 Å². The van der Waals surface area contributed by atoms with Crippen LogP contribution in [-0.4, -0.2) is 32.3 Å². The van der Waals surface area contributed by atoms with Crippen molar-refractivity contribution in [1.29, 1.82) is 0 Å². The van der Waals surface area contributed by atoms with Crippen molar-refractivity contribution in [3.63, 3.8) is 0 Å². The van der Waals surface area contributed by atoms with Gasteiger partial charge in [0.2, 0.25) is 0 Å². The van der Waals surface area contributed by atoms with Gasteiger partial charge in [-0.1, -0.05) is 6.07 Å². The molecule has 0 amide bonds. The molecule has 0 bridgehead atoms. The third kappa shape index (κ3) is 3.78. The number of non-ortho nitro benzene ring substituents is 1. The monoisotopic (exact) mass is 263 g/mol. The molecule has 0 saturated carbocycles. The average Bonchev–Trinajstić information content (AvgIpc) is 2.89. The fraction of sp³-hybridized carbons (Fsp3) is 0.250. The minimum absolute atomic E-state index is 0.0402. The number of benzene rings is 1. The minimum atomic E-state index is -0.714. The first kappa shape index (κ1) is 13.0. The lowest BCUT2D eigenvalue weighted by Crippen LogP contribution is -2.22. The standard InChI is InChI=1S/C12H13N3O4/c16-11(7-14-5-4-13-9-14)8-19-12-3-1-2-10(6-12)15(17)18/h1-6,9,11,16H,7-8H2. The first-order valence-electron chi connectivity index (χ1n) is 5.66. The number of aromatic nitrogens is 2. The van der Waals surface area contributed by atoms with E-state index in [1.807, 2.05) is 0 Å². The van der Waals surface area contributed by atoms with Gasteiger partial charge in [-0.3, -0.25) is 10.1 Å². The van der Waals surface area contributed by atoms with Gasteiger partial charge in [0.1, 0.15) is 18.5 Å². The summed E-state index contributed by atoms with van der Waals surface area (Å²) >= 11 is 0. The van der Waals surface area contributed by atoms with Crippen molar-refractivity contribution in [2.75, 3.05) is 6.61 Å². The number of nitro benzene ring substituents is 1. The molecule has 0 spiro atoms. The number of aliphatic hydroxyl groups is 1. The SMILES string of the molecule is O=[N+]([O-])c1cccc(OCC(O)Cn2ccnc2)c1. The number of hydrogen-bond acceptors (Lipinski definition) is 5. The molecule has 7 heteroatoms. The van der Waals surface area contributed by atoms with Crippen molar-refractivity contribution in [2.24, 2.45) is 0 Å². The molecular weight excluding hydrogens is 250 g/mol. The summed E-state index contributed by atoms with van der Waals surface area (Å²) in [6.45, 7) is 0.411. The topological polar surface area (TPSA) is 90.4 Å². The van der Waals surface area contributed by atoms with Crippen LogP contribution in [0.3, 0.4) is 0 Å². The molecule has 0 aliphatic carbocycles. The van der Waals surface area contributed by atoms with Gasteiger partial charge < -0.3 is 14.4 Å². The molecule has 1 atom stereocenters. The molecule has 1 heterocycles. The van der Waals surface area contributed by atoms with Gasteiger partial charge in [0, 0.05) is 18.5 Å². The van der Waals surface area contributed by atoms with Crippen LogP contribution in [0.1, 0.15) is 0 Å². The van der Waals surface area contributed by atoms with E-state index >= 15 is 0 Å². The number of nitrogens with zero attached hydrogens (tertiary/aromatic N) is 3. The molecule has 1 aromatic heterocycles. The van der Waals surface area contributed by atoms with Crippen molar-refractivity contribution in [3.8, 4) is 5.75 Å². The van der Waals surface area contributed by atoms with Gasteiger partial charge in [-0.15, -0.1) is 0 Å². The number of ether oxygens (including phenoxy) is 1. The second-order valence-electron chi connectivity index (χ2n) is 3.98. The summed E-state index contributed by atoms with van der Waals surface area (Å²) in [7, 11) is 0. The lowest BCUT2D eigenvalue weighted by molar-refractivity contribution is -0.384. The van der Waals surface area contributed by atoms with Gasteiger partial charge in [-0.2, -0.15) is 0 Å². The highest BCUT2D eigenvalue weighted by Crippen LogP contribution is 2.19. The van der Waals surface area contributed by atoms with E-state index in [1.54, 1.807) is 29.4 Å². The van der Waals surface area contributed by atoms with Crippen LogP contribution >= 0.6 is 0 Å². The number of hydrogen-bond donors (Lipinski definition) is 1. The van der Waals surface area contributed by atoms with Crippen LogP contribution in [0.2, 0.25) is 0 Å². The van der Waals surface area contributed by atoms with E-state index in [4.69, 9.17) is 4.74 Å². The van der Waals surface area contributed by atoms with Crippen molar-refractivity contribution in [2.45, 2.75) is 12.6 Å². The van der Waals surface area contributed by atoms with Crippen LogP contribution in [0.25, 0.3) is 0 Å². The van der Waals surface area contributed by atoms with Gasteiger partial charge in [-0.05, 0) is 6.07 Å². The zero-order valence-corrected chi connectivity index (χ0v) is 10.0. The van der Waals surface area contributed by atoms with E-state index in [9.17, 15) is 15.2 Å². The van der Waals surface area contributed by atoms with Crippen molar-refractivity contribution < 1.29 is 14.8 Å². The Labute approximate surface area is 109 Å². The maximum absolute atomic E-state index is 10.6. The number of imidazole rings is 1. The van der Waals surface area contributed by atoms with Crippen LogP contribution in [0.4, 0.5) is 5.69 Å². The van der Waals surface area contributed by atoms with Gasteiger partial charge in [0.25, 0.3) is 5.69 Å². The normalized spacial score (nSPS) is 12.1. The first-order valence-corrected chi connectivity index (χ1v) is 5.66. The predicted molar refractivity (Wildman–Crippen MR) is 66.8 cm³/mol. The molecule has 1 aromatic carbocycles. The minimum Gasteiger partial charge on any atom is -0.491 e.